The molecule has 2 rings (SSSR count). The third-order valence-electron chi connectivity index (χ3n) is 4.69. The van der Waals surface area contributed by atoms with E-state index >= 15 is 0 Å². The molecular formula is C17H30O2Si. The van der Waals surface area contributed by atoms with E-state index in [4.69, 9.17) is 8.85 Å². The molecule has 0 unspecified atom stereocenters. The fraction of sp³-hybridized carbons (Fsp3) is 0.765. The highest BCUT2D eigenvalue weighted by atomic mass is 28.3. The van der Waals surface area contributed by atoms with Crippen molar-refractivity contribution in [3.05, 3.63) is 23.3 Å². The van der Waals surface area contributed by atoms with Gasteiger partial charge in [0, 0.05) is 19.8 Å². The van der Waals surface area contributed by atoms with Crippen LogP contribution in [0.5, 0.6) is 0 Å². The Labute approximate surface area is 126 Å². The summed E-state index contributed by atoms with van der Waals surface area (Å²) in [7, 11) is 2.04. The van der Waals surface area contributed by atoms with Gasteiger partial charge in [0.15, 0.2) is 0 Å². The molecule has 114 valence electrons. The van der Waals surface area contributed by atoms with Crippen LogP contribution in [0.1, 0.15) is 64.2 Å². The zero-order valence-corrected chi connectivity index (χ0v) is 14.4. The highest BCUT2D eigenvalue weighted by Gasteiger charge is 2.31. The number of hydrogen-bond donors (Lipinski definition) is 0. The molecule has 2 aliphatic rings. The Morgan fingerprint density at radius 3 is 1.75 bits per heavy atom. The van der Waals surface area contributed by atoms with E-state index in [0.717, 1.165) is 0 Å². The second-order valence-electron chi connectivity index (χ2n) is 6.07. The fourth-order valence-corrected chi connectivity index (χ4v) is 5.64. The summed E-state index contributed by atoms with van der Waals surface area (Å²) in [6.07, 6.45) is 18.1. The monoisotopic (exact) mass is 294 g/mol. The van der Waals surface area contributed by atoms with Gasteiger partial charge >= 0.3 is 9.28 Å². The molecule has 20 heavy (non-hydrogen) atoms. The standard InChI is InChI=1S/C17H30O2Si/c1-18-20(19-2)17(15-11-7-3-4-8-12-15)16-13-9-5-6-10-14-16/h11,13,17,20H,3-10,12,14H2,1-2H3. The van der Waals surface area contributed by atoms with Crippen molar-refractivity contribution in [2.24, 2.45) is 0 Å². The van der Waals surface area contributed by atoms with Crippen LogP contribution in [0, 0.1) is 0 Å². The zero-order chi connectivity index (χ0) is 14.2. The van der Waals surface area contributed by atoms with E-state index in [-0.39, 0.29) is 0 Å². The third-order valence-corrected chi connectivity index (χ3v) is 7.02. The first-order valence-electron chi connectivity index (χ1n) is 8.30. The molecule has 0 aromatic heterocycles. The Morgan fingerprint density at radius 1 is 0.800 bits per heavy atom. The Hall–Kier alpha value is -0.383. The Balaban J connectivity index is 2.22. The zero-order valence-electron chi connectivity index (χ0n) is 13.2. The predicted octanol–water partition coefficient (Wildman–Crippen LogP) is 4.65. The molecule has 0 saturated carbocycles. The van der Waals surface area contributed by atoms with Gasteiger partial charge in [-0.2, -0.15) is 0 Å². The molecule has 0 aromatic rings. The lowest BCUT2D eigenvalue weighted by Gasteiger charge is -2.28. The molecule has 0 spiro atoms. The van der Waals surface area contributed by atoms with Crippen molar-refractivity contribution in [2.45, 2.75) is 69.7 Å². The van der Waals surface area contributed by atoms with Gasteiger partial charge in [0.1, 0.15) is 0 Å². The fourth-order valence-electron chi connectivity index (χ4n) is 3.60. The second-order valence-corrected chi connectivity index (χ2v) is 8.42. The van der Waals surface area contributed by atoms with E-state index in [1.165, 1.54) is 64.2 Å². The quantitative estimate of drug-likeness (QED) is 0.543. The van der Waals surface area contributed by atoms with Gasteiger partial charge in [-0.05, 0) is 51.4 Å². The SMILES string of the molecule is CO[SiH](OC)C(C1=CCCCCC1)C1=CCCCCC1. The van der Waals surface area contributed by atoms with Gasteiger partial charge in [0.2, 0.25) is 0 Å². The first kappa shape index (κ1) is 16.0. The van der Waals surface area contributed by atoms with Crippen LogP contribution in [0.25, 0.3) is 0 Å². The maximum absolute atomic E-state index is 5.78. The molecule has 0 aliphatic heterocycles. The molecular weight excluding hydrogens is 264 g/mol. The molecule has 0 saturated heterocycles. The van der Waals surface area contributed by atoms with Crippen molar-refractivity contribution in [1.82, 2.24) is 0 Å². The van der Waals surface area contributed by atoms with E-state index in [2.05, 4.69) is 12.2 Å². The van der Waals surface area contributed by atoms with Crippen molar-refractivity contribution in [1.29, 1.82) is 0 Å². The normalized spacial score (nSPS) is 21.4. The largest absolute Gasteiger partial charge is 0.399 e. The summed E-state index contributed by atoms with van der Waals surface area (Å²) in [5.41, 5.74) is 3.73. The van der Waals surface area contributed by atoms with Crippen molar-refractivity contribution >= 4 is 9.28 Å². The lowest BCUT2D eigenvalue weighted by Crippen LogP contribution is -2.29. The van der Waals surface area contributed by atoms with E-state index in [0.29, 0.717) is 5.54 Å². The molecule has 0 N–H and O–H groups in total. The highest BCUT2D eigenvalue weighted by molar-refractivity contribution is 6.48. The van der Waals surface area contributed by atoms with Crippen molar-refractivity contribution in [3.8, 4) is 0 Å². The molecule has 2 nitrogen and oxygen atoms in total. The van der Waals surface area contributed by atoms with Crippen LogP contribution in [0.15, 0.2) is 23.3 Å². The van der Waals surface area contributed by atoms with Crippen LogP contribution in [0.3, 0.4) is 0 Å². The van der Waals surface area contributed by atoms with Crippen LogP contribution in [0.2, 0.25) is 5.54 Å². The van der Waals surface area contributed by atoms with Gasteiger partial charge in [-0.25, -0.2) is 0 Å². The van der Waals surface area contributed by atoms with Gasteiger partial charge < -0.3 is 8.85 Å². The molecule has 0 heterocycles. The summed E-state index contributed by atoms with van der Waals surface area (Å²) < 4.78 is 11.6. The van der Waals surface area contributed by atoms with Gasteiger partial charge in [0.25, 0.3) is 0 Å². The Morgan fingerprint density at radius 2 is 1.30 bits per heavy atom. The minimum absolute atomic E-state index is 0.487. The third kappa shape index (κ3) is 4.30. The lowest BCUT2D eigenvalue weighted by molar-refractivity contribution is 0.272. The van der Waals surface area contributed by atoms with Crippen LogP contribution in [-0.2, 0) is 8.85 Å². The minimum Gasteiger partial charge on any atom is -0.399 e. The molecule has 0 fully saturated rings. The Kier molecular flexibility index (Phi) is 7.04. The van der Waals surface area contributed by atoms with E-state index in [1.807, 2.05) is 14.2 Å². The smallest absolute Gasteiger partial charge is 0.332 e. The van der Waals surface area contributed by atoms with Gasteiger partial charge in [-0.15, -0.1) is 0 Å². The summed E-state index contributed by atoms with van der Waals surface area (Å²) in [4.78, 5) is 0. The maximum atomic E-state index is 5.78. The molecule has 2 aliphatic carbocycles. The summed E-state index contributed by atoms with van der Waals surface area (Å²) in [5.74, 6) is 0. The summed E-state index contributed by atoms with van der Waals surface area (Å²) in [6.45, 7) is 0. The molecule has 0 atom stereocenters. The lowest BCUT2D eigenvalue weighted by atomic mass is 9.97. The first-order chi connectivity index (χ1) is 9.86. The number of rotatable bonds is 5. The summed E-state index contributed by atoms with van der Waals surface area (Å²) in [5, 5.41) is 0. The Bertz CT molecular complexity index is 317. The van der Waals surface area contributed by atoms with Crippen molar-refractivity contribution < 1.29 is 8.85 Å². The van der Waals surface area contributed by atoms with E-state index in [9.17, 15) is 0 Å². The van der Waals surface area contributed by atoms with Crippen LogP contribution in [-0.4, -0.2) is 23.5 Å². The predicted molar refractivity (Wildman–Crippen MR) is 87.3 cm³/mol. The van der Waals surface area contributed by atoms with Crippen molar-refractivity contribution in [2.75, 3.05) is 14.2 Å². The number of hydrogen-bond acceptors (Lipinski definition) is 2. The molecule has 0 radical (unpaired) electrons. The van der Waals surface area contributed by atoms with Gasteiger partial charge in [-0.1, -0.05) is 36.1 Å². The van der Waals surface area contributed by atoms with Gasteiger partial charge in [0.05, 0.1) is 0 Å². The van der Waals surface area contributed by atoms with E-state index in [1.54, 1.807) is 11.1 Å². The molecule has 3 heteroatoms. The topological polar surface area (TPSA) is 18.5 Å². The van der Waals surface area contributed by atoms with Crippen LogP contribution < -0.4 is 0 Å². The minimum atomic E-state index is -1.63. The van der Waals surface area contributed by atoms with Gasteiger partial charge in [-0.3, -0.25) is 0 Å². The molecule has 0 aromatic carbocycles. The maximum Gasteiger partial charge on any atom is 0.332 e. The first-order valence-corrected chi connectivity index (χ1v) is 9.91. The average Bonchev–Trinajstić information content (AvgIpc) is 2.89. The van der Waals surface area contributed by atoms with E-state index < -0.39 is 9.28 Å². The van der Waals surface area contributed by atoms with Crippen LogP contribution >= 0.6 is 0 Å². The van der Waals surface area contributed by atoms with Crippen molar-refractivity contribution in [3.63, 3.8) is 0 Å². The second kappa shape index (κ2) is 8.80. The molecule has 0 amide bonds. The average molecular weight is 295 g/mol. The molecule has 0 bridgehead atoms. The highest BCUT2D eigenvalue weighted by Crippen LogP contribution is 2.39. The number of allylic oxidation sites excluding steroid dienone is 4. The van der Waals surface area contributed by atoms with Crippen LogP contribution in [0.4, 0.5) is 0 Å². The summed E-state index contributed by atoms with van der Waals surface area (Å²) >= 11 is 0. The summed E-state index contributed by atoms with van der Waals surface area (Å²) in [6, 6.07) is 0.